The third-order valence-electron chi connectivity index (χ3n) is 3.49. The number of nitrogens with zero attached hydrogens (tertiary/aromatic N) is 2. The first-order chi connectivity index (χ1) is 12.6. The second kappa shape index (κ2) is 7.64. The van der Waals surface area contributed by atoms with Gasteiger partial charge in [0.25, 0.3) is 0 Å². The van der Waals surface area contributed by atoms with E-state index in [-0.39, 0.29) is 0 Å². The summed E-state index contributed by atoms with van der Waals surface area (Å²) < 4.78 is 36.7. The van der Waals surface area contributed by atoms with Crippen LogP contribution in [-0.4, -0.2) is 24.2 Å². The quantitative estimate of drug-likeness (QED) is 0.686. The molecule has 6 nitrogen and oxygen atoms in total. The lowest BCUT2D eigenvalue weighted by Gasteiger charge is -2.11. The number of anilines is 4. The van der Waals surface area contributed by atoms with Crippen molar-refractivity contribution in [3.05, 3.63) is 60.3 Å². The molecule has 8 heteroatoms. The van der Waals surface area contributed by atoms with Crippen molar-refractivity contribution in [2.24, 2.45) is 0 Å². The molecule has 0 atom stereocenters. The average molecular weight is 358 g/mol. The Balaban J connectivity index is 1.78. The highest BCUT2D eigenvalue weighted by Crippen LogP contribution is 2.30. The second-order valence-corrected chi connectivity index (χ2v) is 5.21. The van der Waals surface area contributed by atoms with Gasteiger partial charge in [-0.2, -0.15) is 4.98 Å². The topological polar surface area (TPSA) is 68.3 Å². The van der Waals surface area contributed by atoms with Crippen molar-refractivity contribution in [2.45, 2.75) is 0 Å². The van der Waals surface area contributed by atoms with Gasteiger partial charge in [-0.1, -0.05) is 0 Å². The minimum absolute atomic E-state index is 0.324. The average Bonchev–Trinajstić information content (AvgIpc) is 2.65. The maximum Gasteiger partial charge on any atom is 0.229 e. The van der Waals surface area contributed by atoms with E-state index in [1.165, 1.54) is 12.3 Å². The smallest absolute Gasteiger partial charge is 0.229 e. The Morgan fingerprint density at radius 3 is 2.27 bits per heavy atom. The maximum absolute atomic E-state index is 13.3. The first-order valence-corrected chi connectivity index (χ1v) is 7.63. The van der Waals surface area contributed by atoms with Gasteiger partial charge >= 0.3 is 0 Å². The molecule has 0 spiro atoms. The Kier molecular flexibility index (Phi) is 5.12. The van der Waals surface area contributed by atoms with E-state index in [4.69, 9.17) is 9.47 Å². The summed E-state index contributed by atoms with van der Waals surface area (Å²) >= 11 is 0. The fourth-order valence-electron chi connectivity index (χ4n) is 2.25. The molecule has 0 bridgehead atoms. The Morgan fingerprint density at radius 1 is 0.808 bits per heavy atom. The predicted molar refractivity (Wildman–Crippen MR) is 94.5 cm³/mol. The molecular weight excluding hydrogens is 342 g/mol. The van der Waals surface area contributed by atoms with E-state index in [0.717, 1.165) is 12.1 Å². The van der Waals surface area contributed by atoms with Gasteiger partial charge in [0.2, 0.25) is 5.95 Å². The number of hydrogen-bond acceptors (Lipinski definition) is 6. The molecule has 3 rings (SSSR count). The van der Waals surface area contributed by atoms with Gasteiger partial charge < -0.3 is 20.1 Å². The van der Waals surface area contributed by atoms with Crippen LogP contribution in [0, 0.1) is 11.6 Å². The van der Waals surface area contributed by atoms with Crippen molar-refractivity contribution < 1.29 is 18.3 Å². The molecule has 26 heavy (non-hydrogen) atoms. The van der Waals surface area contributed by atoms with Crippen molar-refractivity contribution in [3.8, 4) is 11.5 Å². The Bertz CT molecular complexity index is 921. The number of hydrogen-bond donors (Lipinski definition) is 2. The van der Waals surface area contributed by atoms with E-state index in [1.54, 1.807) is 38.5 Å². The number of aromatic nitrogens is 2. The van der Waals surface area contributed by atoms with Crippen LogP contribution in [-0.2, 0) is 0 Å². The number of benzene rings is 2. The highest BCUT2D eigenvalue weighted by atomic mass is 19.2. The molecule has 0 aliphatic carbocycles. The molecule has 2 aromatic carbocycles. The number of methoxy groups -OCH3 is 2. The largest absolute Gasteiger partial charge is 0.493 e. The molecule has 1 aromatic heterocycles. The lowest BCUT2D eigenvalue weighted by molar-refractivity contribution is 0.355. The molecule has 134 valence electrons. The van der Waals surface area contributed by atoms with Gasteiger partial charge in [0.1, 0.15) is 5.82 Å². The summed E-state index contributed by atoms with van der Waals surface area (Å²) in [5.74, 6) is 0.0712. The van der Waals surface area contributed by atoms with Crippen LogP contribution in [0.3, 0.4) is 0 Å². The molecule has 0 aliphatic heterocycles. The van der Waals surface area contributed by atoms with E-state index in [1.807, 2.05) is 0 Å². The van der Waals surface area contributed by atoms with Crippen LogP contribution < -0.4 is 20.1 Å². The zero-order valence-electron chi connectivity index (χ0n) is 14.1. The predicted octanol–water partition coefficient (Wildman–Crippen LogP) is 4.26. The summed E-state index contributed by atoms with van der Waals surface area (Å²) in [4.78, 5) is 8.43. The van der Waals surface area contributed by atoms with Gasteiger partial charge in [0.15, 0.2) is 23.1 Å². The molecular formula is C18H16F2N4O2. The first-order valence-electron chi connectivity index (χ1n) is 7.63. The fourth-order valence-corrected chi connectivity index (χ4v) is 2.25. The Labute approximate surface area is 148 Å². The van der Waals surface area contributed by atoms with Crippen LogP contribution >= 0.6 is 0 Å². The zero-order valence-corrected chi connectivity index (χ0v) is 14.1. The summed E-state index contributed by atoms with van der Waals surface area (Å²) in [6, 6.07) is 10.4. The van der Waals surface area contributed by atoms with Gasteiger partial charge in [0.05, 0.1) is 14.2 Å². The molecule has 0 aliphatic rings. The van der Waals surface area contributed by atoms with Crippen LogP contribution in [0.5, 0.6) is 11.5 Å². The summed E-state index contributed by atoms with van der Waals surface area (Å²) in [5, 5.41) is 5.94. The minimum atomic E-state index is -0.937. The summed E-state index contributed by atoms with van der Waals surface area (Å²) in [6.07, 6.45) is 1.54. The van der Waals surface area contributed by atoms with Crippen LogP contribution in [0.1, 0.15) is 0 Å². The molecule has 0 unspecified atom stereocenters. The Morgan fingerprint density at radius 2 is 1.54 bits per heavy atom. The second-order valence-electron chi connectivity index (χ2n) is 5.21. The number of ether oxygens (including phenoxy) is 2. The number of halogens is 2. The fraction of sp³-hybridized carbons (Fsp3) is 0.111. The summed E-state index contributed by atoms with van der Waals surface area (Å²) in [7, 11) is 3.10. The van der Waals surface area contributed by atoms with Gasteiger partial charge in [-0.3, -0.25) is 0 Å². The van der Waals surface area contributed by atoms with Gasteiger partial charge in [-0.05, 0) is 30.3 Å². The monoisotopic (exact) mass is 358 g/mol. The number of rotatable bonds is 6. The minimum Gasteiger partial charge on any atom is -0.493 e. The lowest BCUT2D eigenvalue weighted by atomic mass is 10.3. The molecule has 2 N–H and O–H groups in total. The summed E-state index contributed by atoms with van der Waals surface area (Å²) in [6.45, 7) is 0. The van der Waals surface area contributed by atoms with Crippen LogP contribution in [0.25, 0.3) is 0 Å². The van der Waals surface area contributed by atoms with Crippen molar-refractivity contribution in [1.82, 2.24) is 9.97 Å². The zero-order chi connectivity index (χ0) is 18.5. The van der Waals surface area contributed by atoms with E-state index in [9.17, 15) is 8.78 Å². The molecule has 1 heterocycles. The molecule has 0 fully saturated rings. The van der Waals surface area contributed by atoms with Crippen molar-refractivity contribution in [1.29, 1.82) is 0 Å². The van der Waals surface area contributed by atoms with Crippen molar-refractivity contribution >= 4 is 23.1 Å². The first kappa shape index (κ1) is 17.4. The molecule has 0 amide bonds. The highest BCUT2D eigenvalue weighted by molar-refractivity contribution is 5.62. The lowest BCUT2D eigenvalue weighted by Crippen LogP contribution is -2.01. The molecule has 0 radical (unpaired) electrons. The van der Waals surface area contributed by atoms with Crippen molar-refractivity contribution in [3.63, 3.8) is 0 Å². The van der Waals surface area contributed by atoms with Gasteiger partial charge in [0, 0.05) is 29.7 Å². The normalized spacial score (nSPS) is 10.3. The third-order valence-corrected chi connectivity index (χ3v) is 3.49. The summed E-state index contributed by atoms with van der Waals surface area (Å²) in [5.41, 5.74) is 1.08. The standard InChI is InChI=1S/C18H16F2N4O2/c1-25-15-6-4-12(10-16(15)26-2)23-18-21-8-7-17(24-18)22-11-3-5-13(19)14(20)9-11/h3-10H,1-2H3,(H2,21,22,23,24). The molecule has 0 saturated heterocycles. The van der Waals surface area contributed by atoms with Crippen LogP contribution in [0.2, 0.25) is 0 Å². The van der Waals surface area contributed by atoms with E-state index in [2.05, 4.69) is 20.6 Å². The van der Waals surface area contributed by atoms with Crippen molar-refractivity contribution in [2.75, 3.05) is 24.9 Å². The van der Waals surface area contributed by atoms with E-state index < -0.39 is 11.6 Å². The maximum atomic E-state index is 13.3. The number of nitrogens with one attached hydrogen (secondary N) is 2. The van der Waals surface area contributed by atoms with E-state index in [0.29, 0.717) is 34.6 Å². The van der Waals surface area contributed by atoms with Gasteiger partial charge in [-0.15, -0.1) is 0 Å². The highest BCUT2D eigenvalue weighted by Gasteiger charge is 2.07. The van der Waals surface area contributed by atoms with E-state index >= 15 is 0 Å². The van der Waals surface area contributed by atoms with Crippen LogP contribution in [0.15, 0.2) is 48.7 Å². The SMILES string of the molecule is COc1ccc(Nc2nccc(Nc3ccc(F)c(F)c3)n2)cc1OC. The van der Waals surface area contributed by atoms with Crippen LogP contribution in [0.4, 0.5) is 31.9 Å². The molecule has 3 aromatic rings. The van der Waals surface area contributed by atoms with Gasteiger partial charge in [-0.25, -0.2) is 13.8 Å². The molecule has 0 saturated carbocycles. The Hall–Kier alpha value is -3.42. The third kappa shape index (κ3) is 3.97.